The second-order valence-electron chi connectivity index (χ2n) is 7.41. The zero-order valence-corrected chi connectivity index (χ0v) is 17.7. The van der Waals surface area contributed by atoms with E-state index >= 15 is 0 Å². The third-order valence-corrected chi connectivity index (χ3v) is 7.10. The zero-order chi connectivity index (χ0) is 21.9. The van der Waals surface area contributed by atoms with E-state index in [4.69, 9.17) is 0 Å². The lowest BCUT2D eigenvalue weighted by Gasteiger charge is -2.31. The Bertz CT molecular complexity index is 1290. The van der Waals surface area contributed by atoms with Crippen LogP contribution in [0.4, 0.5) is 15.8 Å². The highest BCUT2D eigenvalue weighted by Crippen LogP contribution is 2.55. The van der Waals surface area contributed by atoms with Crippen molar-refractivity contribution in [2.24, 2.45) is 7.05 Å². The summed E-state index contributed by atoms with van der Waals surface area (Å²) < 4.78 is 17.0. The molecule has 1 aromatic heterocycles. The van der Waals surface area contributed by atoms with Crippen molar-refractivity contribution in [1.29, 1.82) is 0 Å². The molecule has 1 fully saturated rings. The van der Waals surface area contributed by atoms with E-state index in [1.807, 2.05) is 18.2 Å². The quantitative estimate of drug-likeness (QED) is 0.631. The summed E-state index contributed by atoms with van der Waals surface area (Å²) in [5.41, 5.74) is 1.30. The van der Waals surface area contributed by atoms with Crippen LogP contribution >= 0.6 is 11.8 Å². The number of benzene rings is 2. The smallest absolute Gasteiger partial charge is 0.295 e. The average molecular weight is 438 g/mol. The highest BCUT2D eigenvalue weighted by atomic mass is 32.2. The number of hydrogen-bond acceptors (Lipinski definition) is 4. The fourth-order valence-corrected chi connectivity index (χ4v) is 5.78. The number of fused-ring (bicyclic) bond motifs is 2. The largest absolute Gasteiger partial charge is 0.309 e. The van der Waals surface area contributed by atoms with E-state index in [9.17, 15) is 18.8 Å². The maximum absolute atomic E-state index is 14.0. The Morgan fingerprint density at radius 2 is 1.81 bits per heavy atom. The van der Waals surface area contributed by atoms with E-state index in [1.165, 1.54) is 32.7 Å². The predicted octanol–water partition coefficient (Wildman–Crippen LogP) is 2.61. The van der Waals surface area contributed by atoms with Gasteiger partial charge in [0.2, 0.25) is 10.8 Å². The van der Waals surface area contributed by atoms with Crippen molar-refractivity contribution in [2.45, 2.75) is 11.8 Å². The van der Waals surface area contributed by atoms with Crippen LogP contribution in [0.15, 0.2) is 59.5 Å². The minimum atomic E-state index is -1.43. The van der Waals surface area contributed by atoms with Gasteiger partial charge in [0.15, 0.2) is 0 Å². The molecule has 2 aliphatic rings. The van der Waals surface area contributed by atoms with Crippen molar-refractivity contribution >= 4 is 35.0 Å². The highest BCUT2D eigenvalue weighted by molar-refractivity contribution is 8.02. The number of halogens is 1. The van der Waals surface area contributed by atoms with Gasteiger partial charge in [-0.15, -0.1) is 11.8 Å². The first-order chi connectivity index (χ1) is 14.9. The van der Waals surface area contributed by atoms with Crippen LogP contribution < -0.4 is 15.4 Å². The number of para-hydroxylation sites is 1. The first-order valence-electron chi connectivity index (χ1n) is 9.83. The number of carbonyl (C=O) groups excluding carboxylic acids is 2. The van der Waals surface area contributed by atoms with Gasteiger partial charge in [-0.3, -0.25) is 24.0 Å². The van der Waals surface area contributed by atoms with Crippen LogP contribution in [0, 0.1) is 5.82 Å². The van der Waals surface area contributed by atoms with Crippen molar-refractivity contribution in [2.75, 3.05) is 22.1 Å². The lowest BCUT2D eigenvalue weighted by molar-refractivity contribution is -0.123. The van der Waals surface area contributed by atoms with Crippen molar-refractivity contribution in [3.8, 4) is 5.69 Å². The van der Waals surface area contributed by atoms with Gasteiger partial charge >= 0.3 is 0 Å². The molecule has 0 saturated carbocycles. The molecule has 1 atom stereocenters. The molecule has 0 bridgehead atoms. The van der Waals surface area contributed by atoms with Gasteiger partial charge in [-0.1, -0.05) is 24.3 Å². The lowest BCUT2D eigenvalue weighted by Crippen LogP contribution is -2.51. The number of rotatable bonds is 3. The number of thioether (sulfide) groups is 1. The van der Waals surface area contributed by atoms with Gasteiger partial charge in [0.05, 0.1) is 23.3 Å². The molecule has 158 valence electrons. The second-order valence-corrected chi connectivity index (χ2v) is 8.58. The number of anilines is 2. The van der Waals surface area contributed by atoms with Crippen molar-refractivity contribution in [3.63, 3.8) is 0 Å². The Hall–Kier alpha value is -3.33. The van der Waals surface area contributed by atoms with E-state index in [2.05, 4.69) is 0 Å². The van der Waals surface area contributed by atoms with E-state index < -0.39 is 16.2 Å². The number of hydrogen-bond donors (Lipinski definition) is 0. The summed E-state index contributed by atoms with van der Waals surface area (Å²) in [6.45, 7) is 2.12. The van der Waals surface area contributed by atoms with Gasteiger partial charge in [-0.2, -0.15) is 0 Å². The standard InChI is InChI=1S/C22H19FN4O3S/c1-3-25-17-11-14(23)9-10-16(17)22(21(25)30)26(19(28)13-31-22)18-12-24(2)27(20(18)29)15-7-5-4-6-8-15/h4-12H,3,13H2,1-2H3. The maximum atomic E-state index is 14.0. The van der Waals surface area contributed by atoms with Gasteiger partial charge in [0.1, 0.15) is 11.5 Å². The van der Waals surface area contributed by atoms with E-state index in [0.29, 0.717) is 23.5 Å². The fraction of sp³-hybridized carbons (Fsp3) is 0.227. The highest BCUT2D eigenvalue weighted by Gasteiger charge is 2.61. The summed E-state index contributed by atoms with van der Waals surface area (Å²) in [6, 6.07) is 13.2. The third kappa shape index (κ3) is 2.56. The second kappa shape index (κ2) is 6.84. The summed E-state index contributed by atoms with van der Waals surface area (Å²) >= 11 is 1.16. The topological polar surface area (TPSA) is 67.6 Å². The predicted molar refractivity (Wildman–Crippen MR) is 117 cm³/mol. The molecule has 1 unspecified atom stereocenters. The first-order valence-corrected chi connectivity index (χ1v) is 10.8. The summed E-state index contributed by atoms with van der Waals surface area (Å²) in [4.78, 5) is 41.5. The Kier molecular flexibility index (Phi) is 4.33. The van der Waals surface area contributed by atoms with Crippen LogP contribution in [-0.4, -0.2) is 33.5 Å². The van der Waals surface area contributed by atoms with Crippen LogP contribution in [0.5, 0.6) is 0 Å². The molecular weight excluding hydrogens is 419 g/mol. The van der Waals surface area contributed by atoms with Gasteiger partial charge < -0.3 is 4.90 Å². The van der Waals surface area contributed by atoms with Crippen molar-refractivity contribution in [3.05, 3.63) is 76.5 Å². The lowest BCUT2D eigenvalue weighted by atomic mass is 10.1. The Morgan fingerprint density at radius 1 is 1.06 bits per heavy atom. The number of amides is 2. The van der Waals surface area contributed by atoms with Gasteiger partial charge in [-0.25, -0.2) is 9.07 Å². The van der Waals surface area contributed by atoms with Crippen LogP contribution in [0.25, 0.3) is 5.69 Å². The van der Waals surface area contributed by atoms with E-state index in [0.717, 1.165) is 11.8 Å². The number of aromatic nitrogens is 2. The number of aryl methyl sites for hydroxylation is 1. The fourth-order valence-electron chi connectivity index (χ4n) is 4.43. The minimum Gasteiger partial charge on any atom is -0.309 e. The van der Waals surface area contributed by atoms with Crippen LogP contribution in [-0.2, 0) is 21.5 Å². The molecule has 3 heterocycles. The molecule has 1 saturated heterocycles. The summed E-state index contributed by atoms with van der Waals surface area (Å²) in [5, 5.41) is 0. The van der Waals surface area contributed by atoms with Gasteiger partial charge in [-0.05, 0) is 31.2 Å². The summed E-state index contributed by atoms with van der Waals surface area (Å²) in [6.07, 6.45) is 1.56. The first kappa shape index (κ1) is 19.6. The van der Waals surface area contributed by atoms with Crippen molar-refractivity contribution < 1.29 is 14.0 Å². The molecular formula is C22H19FN4O3S. The third-order valence-electron chi connectivity index (χ3n) is 5.71. The van der Waals surface area contributed by atoms with E-state index in [-0.39, 0.29) is 23.3 Å². The van der Waals surface area contributed by atoms with E-state index in [1.54, 1.807) is 37.0 Å². The maximum Gasteiger partial charge on any atom is 0.295 e. The van der Waals surface area contributed by atoms with Crippen LogP contribution in [0.2, 0.25) is 0 Å². The molecule has 1 spiro atoms. The van der Waals surface area contributed by atoms with Crippen LogP contribution in [0.1, 0.15) is 12.5 Å². The molecule has 0 aliphatic carbocycles. The summed E-state index contributed by atoms with van der Waals surface area (Å²) in [5.74, 6) is -1.11. The SMILES string of the molecule is CCN1C(=O)C2(SCC(=O)N2c2cn(C)n(-c3ccccc3)c2=O)c2ccc(F)cc21. The van der Waals surface area contributed by atoms with Gasteiger partial charge in [0.25, 0.3) is 11.5 Å². The molecule has 0 N–H and O–H groups in total. The Morgan fingerprint density at radius 3 is 2.52 bits per heavy atom. The normalized spacial score (nSPS) is 20.2. The molecule has 2 aliphatic heterocycles. The van der Waals surface area contributed by atoms with Gasteiger partial charge in [0, 0.05) is 19.2 Å². The minimum absolute atomic E-state index is 0.0415. The van der Waals surface area contributed by atoms with Crippen molar-refractivity contribution in [1.82, 2.24) is 9.36 Å². The molecule has 5 rings (SSSR count). The molecule has 9 heteroatoms. The zero-order valence-electron chi connectivity index (χ0n) is 16.9. The molecule has 31 heavy (non-hydrogen) atoms. The molecule has 2 aromatic carbocycles. The summed E-state index contributed by atoms with van der Waals surface area (Å²) in [7, 11) is 1.70. The molecule has 0 radical (unpaired) electrons. The molecule has 7 nitrogen and oxygen atoms in total. The van der Waals surface area contributed by atoms with Crippen LogP contribution in [0.3, 0.4) is 0 Å². The monoisotopic (exact) mass is 438 g/mol. The number of carbonyl (C=O) groups is 2. The average Bonchev–Trinajstić information content (AvgIpc) is 3.33. The Labute approximate surface area is 181 Å². The number of nitrogens with zero attached hydrogens (tertiary/aromatic N) is 4. The number of likely N-dealkylation sites (N-methyl/N-ethyl adjacent to an activating group) is 1. The Balaban J connectivity index is 1.74. The molecule has 2 amide bonds. The molecule has 3 aromatic rings.